The van der Waals surface area contributed by atoms with Gasteiger partial charge in [0.15, 0.2) is 0 Å². The number of benzene rings is 1. The maximum Gasteiger partial charge on any atom is 0.316 e. The van der Waals surface area contributed by atoms with Gasteiger partial charge in [-0.25, -0.2) is 4.79 Å². The molecule has 1 aromatic rings. The fourth-order valence-corrected chi connectivity index (χ4v) is 2.37. The highest BCUT2D eigenvalue weighted by atomic mass is 35.5. The first-order chi connectivity index (χ1) is 9.45. The third-order valence-electron chi connectivity index (χ3n) is 2.94. The summed E-state index contributed by atoms with van der Waals surface area (Å²) in [6, 6.07) is 5.57. The molecule has 1 rings (SSSR count). The number of halogens is 2. The second-order valence-corrected chi connectivity index (χ2v) is 5.55. The number of hydrogen-bond acceptors (Lipinski definition) is 2. The minimum absolute atomic E-state index is 0.0932. The molecule has 0 saturated heterocycles. The van der Waals surface area contributed by atoms with Crippen molar-refractivity contribution in [3.8, 4) is 0 Å². The molecule has 0 aliphatic carbocycles. The van der Waals surface area contributed by atoms with E-state index in [9.17, 15) is 4.79 Å². The van der Waals surface area contributed by atoms with Crippen LogP contribution in [0.4, 0.5) is 4.79 Å². The van der Waals surface area contributed by atoms with E-state index in [1.165, 1.54) is 4.90 Å². The Morgan fingerprint density at radius 3 is 2.55 bits per heavy atom. The van der Waals surface area contributed by atoms with Gasteiger partial charge in [0.05, 0.1) is 0 Å². The van der Waals surface area contributed by atoms with Crippen LogP contribution in [0.15, 0.2) is 18.2 Å². The molecule has 2 amide bonds. The number of carbonyl (C=O) groups excluding carboxylic acids is 1. The Bertz CT molecular complexity index is 452. The first-order valence-corrected chi connectivity index (χ1v) is 7.34. The zero-order chi connectivity index (χ0) is 15.1. The van der Waals surface area contributed by atoms with Crippen LogP contribution in [0.3, 0.4) is 0 Å². The monoisotopic (exact) mass is 317 g/mol. The number of nitrogens with one attached hydrogen (secondary N) is 2. The Morgan fingerprint density at radius 1 is 1.30 bits per heavy atom. The van der Waals surface area contributed by atoms with Crippen molar-refractivity contribution in [2.45, 2.75) is 19.4 Å². The van der Waals surface area contributed by atoms with Crippen LogP contribution in [0.25, 0.3) is 0 Å². The summed E-state index contributed by atoms with van der Waals surface area (Å²) in [6.45, 7) is 3.33. The van der Waals surface area contributed by atoms with Gasteiger partial charge in [0, 0.05) is 43.3 Å². The van der Waals surface area contributed by atoms with E-state index in [2.05, 4.69) is 17.6 Å². The summed E-state index contributed by atoms with van der Waals surface area (Å²) in [5.41, 5.74) is 1.03. The Balaban J connectivity index is 2.49. The van der Waals surface area contributed by atoms with Crippen LogP contribution >= 0.6 is 23.2 Å². The van der Waals surface area contributed by atoms with Crippen LogP contribution in [0.2, 0.25) is 10.0 Å². The summed E-state index contributed by atoms with van der Waals surface area (Å²) in [5.74, 6) is 0. The van der Waals surface area contributed by atoms with E-state index in [1.54, 1.807) is 20.2 Å². The molecule has 0 radical (unpaired) electrons. The average molecular weight is 318 g/mol. The minimum atomic E-state index is -0.0932. The summed E-state index contributed by atoms with van der Waals surface area (Å²) in [4.78, 5) is 12.9. The SMILES string of the molecule is CCC(NCCNC(=O)N(C)C)c1ccc(Cl)cc1Cl. The first-order valence-electron chi connectivity index (χ1n) is 6.59. The molecule has 0 saturated carbocycles. The standard InChI is InChI=1S/C14H21Cl2N3O/c1-4-13(11-6-5-10(15)9-12(11)16)17-7-8-18-14(20)19(2)3/h5-6,9,13,17H,4,7-8H2,1-3H3,(H,18,20). The van der Waals surface area contributed by atoms with Crippen molar-refractivity contribution in [1.82, 2.24) is 15.5 Å². The van der Waals surface area contributed by atoms with Gasteiger partial charge >= 0.3 is 6.03 Å². The van der Waals surface area contributed by atoms with Crippen LogP contribution in [0, 0.1) is 0 Å². The van der Waals surface area contributed by atoms with Crippen LogP contribution < -0.4 is 10.6 Å². The van der Waals surface area contributed by atoms with Gasteiger partial charge in [0.1, 0.15) is 0 Å². The quantitative estimate of drug-likeness (QED) is 0.791. The van der Waals surface area contributed by atoms with E-state index in [1.807, 2.05) is 12.1 Å². The van der Waals surface area contributed by atoms with Crippen LogP contribution in [0.5, 0.6) is 0 Å². The molecule has 0 heterocycles. The smallest absolute Gasteiger partial charge is 0.316 e. The van der Waals surface area contributed by atoms with Crippen molar-refractivity contribution in [2.24, 2.45) is 0 Å². The number of amides is 2. The number of urea groups is 1. The summed E-state index contributed by atoms with van der Waals surface area (Å²) in [7, 11) is 3.43. The second kappa shape index (κ2) is 8.35. The lowest BCUT2D eigenvalue weighted by atomic mass is 10.0. The van der Waals surface area contributed by atoms with Crippen molar-refractivity contribution in [1.29, 1.82) is 0 Å². The summed E-state index contributed by atoms with van der Waals surface area (Å²) < 4.78 is 0. The molecule has 0 fully saturated rings. The van der Waals surface area contributed by atoms with E-state index < -0.39 is 0 Å². The van der Waals surface area contributed by atoms with E-state index in [4.69, 9.17) is 23.2 Å². The summed E-state index contributed by atoms with van der Waals surface area (Å²) in [5, 5.41) is 7.48. The molecule has 1 unspecified atom stereocenters. The van der Waals surface area contributed by atoms with Gasteiger partial charge in [0.25, 0.3) is 0 Å². The molecule has 20 heavy (non-hydrogen) atoms. The van der Waals surface area contributed by atoms with Gasteiger partial charge in [-0.2, -0.15) is 0 Å². The van der Waals surface area contributed by atoms with E-state index >= 15 is 0 Å². The van der Waals surface area contributed by atoms with Crippen LogP contribution in [-0.4, -0.2) is 38.1 Å². The molecule has 2 N–H and O–H groups in total. The van der Waals surface area contributed by atoms with Gasteiger partial charge in [-0.3, -0.25) is 0 Å². The highest BCUT2D eigenvalue weighted by molar-refractivity contribution is 6.35. The van der Waals surface area contributed by atoms with Crippen LogP contribution in [0.1, 0.15) is 24.9 Å². The van der Waals surface area contributed by atoms with Crippen molar-refractivity contribution >= 4 is 29.2 Å². The maximum absolute atomic E-state index is 11.4. The minimum Gasteiger partial charge on any atom is -0.337 e. The largest absolute Gasteiger partial charge is 0.337 e. The Labute approximate surface area is 130 Å². The number of nitrogens with zero attached hydrogens (tertiary/aromatic N) is 1. The topological polar surface area (TPSA) is 44.4 Å². The maximum atomic E-state index is 11.4. The van der Waals surface area contributed by atoms with Gasteiger partial charge in [-0.1, -0.05) is 36.2 Å². The van der Waals surface area contributed by atoms with Crippen LogP contribution in [-0.2, 0) is 0 Å². The molecule has 0 aliphatic heterocycles. The number of hydrogen-bond donors (Lipinski definition) is 2. The Kier molecular flexibility index (Phi) is 7.13. The van der Waals surface area contributed by atoms with Crippen molar-refractivity contribution in [3.05, 3.63) is 33.8 Å². The van der Waals surface area contributed by atoms with E-state index in [-0.39, 0.29) is 12.1 Å². The van der Waals surface area contributed by atoms with Gasteiger partial charge < -0.3 is 15.5 Å². The van der Waals surface area contributed by atoms with E-state index in [0.29, 0.717) is 23.1 Å². The zero-order valence-electron chi connectivity index (χ0n) is 12.0. The van der Waals surface area contributed by atoms with Crippen molar-refractivity contribution < 1.29 is 4.79 Å². The predicted molar refractivity (Wildman–Crippen MR) is 84.6 cm³/mol. The molecule has 1 atom stereocenters. The summed E-state index contributed by atoms with van der Waals surface area (Å²) >= 11 is 12.1. The van der Waals surface area contributed by atoms with Gasteiger partial charge in [0.2, 0.25) is 0 Å². The Morgan fingerprint density at radius 2 is 2.00 bits per heavy atom. The molecule has 0 aromatic heterocycles. The normalized spacial score (nSPS) is 12.1. The molecule has 0 spiro atoms. The van der Waals surface area contributed by atoms with Gasteiger partial charge in [-0.05, 0) is 24.1 Å². The van der Waals surface area contributed by atoms with Gasteiger partial charge in [-0.15, -0.1) is 0 Å². The third kappa shape index (κ3) is 5.19. The lowest BCUT2D eigenvalue weighted by molar-refractivity contribution is 0.217. The van der Waals surface area contributed by atoms with E-state index in [0.717, 1.165) is 12.0 Å². The molecule has 4 nitrogen and oxygen atoms in total. The number of rotatable bonds is 6. The Hall–Kier alpha value is -0.970. The summed E-state index contributed by atoms with van der Waals surface area (Å²) in [6.07, 6.45) is 0.906. The fourth-order valence-electron chi connectivity index (χ4n) is 1.83. The van der Waals surface area contributed by atoms with Crippen molar-refractivity contribution in [3.63, 3.8) is 0 Å². The molecule has 0 bridgehead atoms. The molecule has 1 aromatic carbocycles. The molecule has 112 valence electrons. The highest BCUT2D eigenvalue weighted by Gasteiger charge is 2.12. The molecule has 0 aliphatic rings. The molecule has 6 heteroatoms. The molecular formula is C14H21Cl2N3O. The highest BCUT2D eigenvalue weighted by Crippen LogP contribution is 2.27. The predicted octanol–water partition coefficient (Wildman–Crippen LogP) is 3.31. The number of carbonyl (C=O) groups is 1. The fraction of sp³-hybridized carbons (Fsp3) is 0.500. The average Bonchev–Trinajstić information content (AvgIpc) is 2.39. The second-order valence-electron chi connectivity index (χ2n) is 4.71. The lowest BCUT2D eigenvalue weighted by Crippen LogP contribution is -2.39. The lowest BCUT2D eigenvalue weighted by Gasteiger charge is -2.19. The molecular weight excluding hydrogens is 297 g/mol. The first kappa shape index (κ1) is 17.1. The zero-order valence-corrected chi connectivity index (χ0v) is 13.6. The van der Waals surface area contributed by atoms with Crippen molar-refractivity contribution in [2.75, 3.05) is 27.2 Å². The third-order valence-corrected chi connectivity index (χ3v) is 3.51.